The van der Waals surface area contributed by atoms with Gasteiger partial charge in [0.05, 0.1) is 28.8 Å². The van der Waals surface area contributed by atoms with E-state index < -0.39 is 28.6 Å². The Morgan fingerprint density at radius 1 is 1.15 bits per heavy atom. The zero-order chi connectivity index (χ0) is 20.0. The molecule has 0 aliphatic rings. The number of carbonyl (C=O) groups is 3. The van der Waals surface area contributed by atoms with E-state index in [9.17, 15) is 24.5 Å². The average molecular weight is 370 g/mol. The fraction of sp³-hybridized carbons (Fsp3) is 0.167. The molecule has 0 heterocycles. The van der Waals surface area contributed by atoms with Crippen LogP contribution in [0.4, 0.5) is 11.4 Å². The molecule has 0 spiro atoms. The van der Waals surface area contributed by atoms with Crippen LogP contribution in [0.1, 0.15) is 22.8 Å². The largest absolute Gasteiger partial charge is 0.346 e. The Balaban J connectivity index is 2.27. The molecule has 0 fully saturated rings. The fourth-order valence-electron chi connectivity index (χ4n) is 2.21. The second-order valence-corrected chi connectivity index (χ2v) is 5.74. The molecule has 0 aliphatic carbocycles. The summed E-state index contributed by atoms with van der Waals surface area (Å²) in [5.41, 5.74) is 5.51. The third-order valence-corrected chi connectivity index (χ3v) is 3.61. The van der Waals surface area contributed by atoms with Crippen LogP contribution in [0.2, 0.25) is 0 Å². The fourth-order valence-corrected chi connectivity index (χ4v) is 2.21. The molecule has 0 saturated heterocycles. The van der Waals surface area contributed by atoms with Crippen molar-refractivity contribution in [1.82, 2.24) is 5.32 Å². The smallest absolute Gasteiger partial charge is 0.270 e. The van der Waals surface area contributed by atoms with E-state index in [2.05, 4.69) is 10.6 Å². The quantitative estimate of drug-likeness (QED) is 0.380. The van der Waals surface area contributed by atoms with E-state index in [1.807, 2.05) is 0 Å². The Morgan fingerprint density at radius 2 is 1.81 bits per heavy atom. The van der Waals surface area contributed by atoms with Gasteiger partial charge in [-0.15, -0.1) is 0 Å². The van der Waals surface area contributed by atoms with E-state index in [1.54, 1.807) is 30.3 Å². The van der Waals surface area contributed by atoms with E-state index in [1.165, 1.54) is 19.1 Å². The lowest BCUT2D eigenvalue weighted by molar-refractivity contribution is -0.384. The summed E-state index contributed by atoms with van der Waals surface area (Å²) >= 11 is 0. The molecule has 0 aromatic heterocycles. The minimum atomic E-state index is -0.771. The molecule has 9 heteroatoms. The maximum absolute atomic E-state index is 12.7. The van der Waals surface area contributed by atoms with Crippen molar-refractivity contribution in [2.75, 3.05) is 11.9 Å². The molecule has 9 nitrogen and oxygen atoms in total. The number of nitro groups is 1. The van der Waals surface area contributed by atoms with Crippen molar-refractivity contribution in [3.8, 4) is 0 Å². The summed E-state index contributed by atoms with van der Waals surface area (Å²) in [6.07, 6.45) is 0. The number of amides is 2. The highest BCUT2D eigenvalue weighted by Gasteiger charge is 2.19. The Bertz CT molecular complexity index is 881. The van der Waals surface area contributed by atoms with Crippen LogP contribution in [0, 0.1) is 10.1 Å². The number of hydrogen-bond donors (Lipinski definition) is 3. The normalized spacial score (nSPS) is 11.3. The first-order valence-electron chi connectivity index (χ1n) is 8.01. The number of non-ortho nitro benzene ring substituents is 1. The molecule has 27 heavy (non-hydrogen) atoms. The Kier molecular flexibility index (Phi) is 6.34. The van der Waals surface area contributed by atoms with Crippen LogP contribution in [0.25, 0.3) is 0 Å². The van der Waals surface area contributed by atoms with Gasteiger partial charge in [0.15, 0.2) is 5.78 Å². The van der Waals surface area contributed by atoms with Crippen LogP contribution in [0.15, 0.2) is 48.5 Å². The van der Waals surface area contributed by atoms with Crippen molar-refractivity contribution >= 4 is 29.0 Å². The van der Waals surface area contributed by atoms with Crippen molar-refractivity contribution < 1.29 is 19.3 Å². The summed E-state index contributed by atoms with van der Waals surface area (Å²) in [6.45, 7) is 1.12. The lowest BCUT2D eigenvalue weighted by atomic mass is 10.0. The third-order valence-electron chi connectivity index (χ3n) is 3.61. The average Bonchev–Trinajstić information content (AvgIpc) is 2.66. The molecule has 0 saturated carbocycles. The lowest BCUT2D eigenvalue weighted by Gasteiger charge is -2.12. The number of nitrogens with one attached hydrogen (secondary N) is 2. The van der Waals surface area contributed by atoms with Gasteiger partial charge in [0.2, 0.25) is 11.8 Å². The van der Waals surface area contributed by atoms with Crippen molar-refractivity contribution in [3.05, 3.63) is 69.8 Å². The van der Waals surface area contributed by atoms with Crippen molar-refractivity contribution in [1.29, 1.82) is 0 Å². The van der Waals surface area contributed by atoms with Crippen molar-refractivity contribution in [2.45, 2.75) is 13.0 Å². The predicted octanol–water partition coefficient (Wildman–Crippen LogP) is 1.23. The summed E-state index contributed by atoms with van der Waals surface area (Å²) in [5.74, 6) is -1.58. The van der Waals surface area contributed by atoms with Crippen molar-refractivity contribution in [3.63, 3.8) is 0 Å². The number of hydrogen-bond acceptors (Lipinski definition) is 6. The van der Waals surface area contributed by atoms with Crippen LogP contribution < -0.4 is 16.4 Å². The summed E-state index contributed by atoms with van der Waals surface area (Å²) in [7, 11) is 0. The van der Waals surface area contributed by atoms with E-state index >= 15 is 0 Å². The first-order valence-corrected chi connectivity index (χ1v) is 8.01. The zero-order valence-corrected chi connectivity index (χ0v) is 14.5. The van der Waals surface area contributed by atoms with Crippen LogP contribution in [0.5, 0.6) is 0 Å². The van der Waals surface area contributed by atoms with Crippen LogP contribution in [0.3, 0.4) is 0 Å². The minimum Gasteiger partial charge on any atom is -0.346 e. The molecule has 2 aromatic carbocycles. The molecule has 2 amide bonds. The molecule has 140 valence electrons. The second kappa shape index (κ2) is 8.68. The highest BCUT2D eigenvalue weighted by Crippen LogP contribution is 2.25. The molecule has 1 atom stereocenters. The molecule has 2 rings (SSSR count). The van der Waals surface area contributed by atoms with Gasteiger partial charge in [-0.2, -0.15) is 0 Å². The lowest BCUT2D eigenvalue weighted by Crippen LogP contribution is -2.42. The van der Waals surface area contributed by atoms with E-state index in [-0.39, 0.29) is 23.5 Å². The van der Waals surface area contributed by atoms with Gasteiger partial charge >= 0.3 is 0 Å². The number of nitrogens with zero attached hydrogens (tertiary/aromatic N) is 1. The summed E-state index contributed by atoms with van der Waals surface area (Å²) in [4.78, 5) is 46.6. The molecule has 0 bridgehead atoms. The SMILES string of the molecule is C[C@H](N)C(=O)NCC(=O)Nc1ccc([N+](=O)[O-])cc1C(=O)c1ccccc1. The molecule has 0 unspecified atom stereocenters. The first-order chi connectivity index (χ1) is 12.8. The van der Waals surface area contributed by atoms with Gasteiger partial charge in [0.25, 0.3) is 5.69 Å². The Morgan fingerprint density at radius 3 is 2.41 bits per heavy atom. The standard InChI is InChI=1S/C18H18N4O5/c1-11(19)18(25)20-10-16(23)21-15-8-7-13(22(26)27)9-14(15)17(24)12-5-3-2-4-6-12/h2-9,11H,10,19H2,1H3,(H,20,25)(H,21,23)/t11-/m0/s1. The monoisotopic (exact) mass is 370 g/mol. The first kappa shape index (κ1) is 19.7. The summed E-state index contributed by atoms with van der Waals surface area (Å²) < 4.78 is 0. The number of nitro benzene ring substituents is 1. The number of carbonyl (C=O) groups excluding carboxylic acids is 3. The molecular formula is C18H18N4O5. The molecule has 4 N–H and O–H groups in total. The molecule has 2 aromatic rings. The van der Waals surface area contributed by atoms with Gasteiger partial charge < -0.3 is 16.4 Å². The zero-order valence-electron chi connectivity index (χ0n) is 14.5. The summed E-state index contributed by atoms with van der Waals surface area (Å²) in [5, 5.41) is 15.9. The van der Waals surface area contributed by atoms with E-state index in [4.69, 9.17) is 5.73 Å². The van der Waals surface area contributed by atoms with Crippen LogP contribution >= 0.6 is 0 Å². The van der Waals surface area contributed by atoms with Gasteiger partial charge in [0.1, 0.15) is 0 Å². The topological polar surface area (TPSA) is 144 Å². The minimum absolute atomic E-state index is 0.0257. The Hall–Kier alpha value is -3.59. The molecule has 0 radical (unpaired) electrons. The van der Waals surface area contributed by atoms with E-state index in [0.29, 0.717) is 5.56 Å². The predicted molar refractivity (Wildman–Crippen MR) is 98.3 cm³/mol. The highest BCUT2D eigenvalue weighted by molar-refractivity contribution is 6.14. The van der Waals surface area contributed by atoms with Gasteiger partial charge in [-0.3, -0.25) is 24.5 Å². The number of nitrogens with two attached hydrogens (primary N) is 1. The maximum Gasteiger partial charge on any atom is 0.270 e. The van der Waals surface area contributed by atoms with E-state index in [0.717, 1.165) is 6.07 Å². The van der Waals surface area contributed by atoms with Gasteiger partial charge in [-0.05, 0) is 13.0 Å². The van der Waals surface area contributed by atoms with Gasteiger partial charge in [-0.1, -0.05) is 30.3 Å². The van der Waals surface area contributed by atoms with Gasteiger partial charge in [0, 0.05) is 17.7 Å². The molecular weight excluding hydrogens is 352 g/mol. The summed E-state index contributed by atoms with van der Waals surface area (Å²) in [6, 6.07) is 11.0. The van der Waals surface area contributed by atoms with Crippen LogP contribution in [-0.2, 0) is 9.59 Å². The van der Waals surface area contributed by atoms with Gasteiger partial charge in [-0.25, -0.2) is 0 Å². The number of ketones is 1. The second-order valence-electron chi connectivity index (χ2n) is 5.74. The third kappa shape index (κ3) is 5.19. The highest BCUT2D eigenvalue weighted by atomic mass is 16.6. The number of rotatable bonds is 7. The van der Waals surface area contributed by atoms with Crippen molar-refractivity contribution in [2.24, 2.45) is 5.73 Å². The number of anilines is 1. The van der Waals surface area contributed by atoms with Crippen LogP contribution in [-0.4, -0.2) is 35.1 Å². The number of benzene rings is 2. The Labute approximate surface area is 154 Å². The maximum atomic E-state index is 12.7. The molecule has 0 aliphatic heterocycles.